The number of thioether (sulfide) groups is 1. The van der Waals surface area contributed by atoms with E-state index in [1.807, 2.05) is 41.6 Å². The fourth-order valence-electron chi connectivity index (χ4n) is 2.47. The second-order valence-electron chi connectivity index (χ2n) is 5.90. The first-order valence-corrected chi connectivity index (χ1v) is 9.83. The molecule has 27 heavy (non-hydrogen) atoms. The second-order valence-corrected chi connectivity index (χ2v) is 8.05. The van der Waals surface area contributed by atoms with Gasteiger partial charge in [-0.15, -0.1) is 0 Å². The van der Waals surface area contributed by atoms with E-state index < -0.39 is 17.1 Å². The lowest BCUT2D eigenvalue weighted by atomic mass is 10.2. The summed E-state index contributed by atoms with van der Waals surface area (Å²) in [6.07, 6.45) is 1.57. The molecule has 1 aliphatic heterocycles. The van der Waals surface area contributed by atoms with E-state index in [0.717, 1.165) is 22.2 Å². The minimum atomic E-state index is -0.507. The molecule has 1 saturated heterocycles. The molecule has 8 heteroatoms. The maximum absolute atomic E-state index is 12.5. The highest BCUT2D eigenvalue weighted by Crippen LogP contribution is 2.33. The molecule has 138 valence electrons. The van der Waals surface area contributed by atoms with Crippen molar-refractivity contribution in [3.8, 4) is 5.75 Å². The van der Waals surface area contributed by atoms with Crippen LogP contribution < -0.4 is 5.32 Å². The zero-order valence-electron chi connectivity index (χ0n) is 14.2. The maximum atomic E-state index is 12.5. The first kappa shape index (κ1) is 19.4. The van der Waals surface area contributed by atoms with Crippen LogP contribution in [0.1, 0.15) is 11.1 Å². The van der Waals surface area contributed by atoms with E-state index in [1.54, 1.807) is 30.3 Å². The SMILES string of the molecule is Cc1cccc(NC(=O)CN2C(=O)S/C(=C\c3ccc(O)c(I)c3)C2=O)c1. The monoisotopic (exact) mass is 494 g/mol. The highest BCUT2D eigenvalue weighted by atomic mass is 127. The Balaban J connectivity index is 1.71. The van der Waals surface area contributed by atoms with Gasteiger partial charge in [0.1, 0.15) is 12.3 Å². The number of imide groups is 1. The van der Waals surface area contributed by atoms with Gasteiger partial charge in [-0.1, -0.05) is 18.2 Å². The van der Waals surface area contributed by atoms with Gasteiger partial charge in [0.15, 0.2) is 0 Å². The van der Waals surface area contributed by atoms with E-state index in [9.17, 15) is 19.5 Å². The van der Waals surface area contributed by atoms with Gasteiger partial charge in [-0.05, 0) is 82.7 Å². The normalized spacial score (nSPS) is 15.5. The molecule has 1 aliphatic rings. The van der Waals surface area contributed by atoms with Gasteiger partial charge in [0.25, 0.3) is 11.1 Å². The number of carbonyl (C=O) groups excluding carboxylic acids is 3. The van der Waals surface area contributed by atoms with Crippen LogP contribution in [0.15, 0.2) is 47.4 Å². The summed E-state index contributed by atoms with van der Waals surface area (Å²) in [5.74, 6) is -0.801. The van der Waals surface area contributed by atoms with Gasteiger partial charge < -0.3 is 10.4 Å². The zero-order valence-corrected chi connectivity index (χ0v) is 17.2. The van der Waals surface area contributed by atoms with E-state index in [-0.39, 0.29) is 17.2 Å². The Morgan fingerprint density at radius 1 is 1.26 bits per heavy atom. The largest absolute Gasteiger partial charge is 0.507 e. The summed E-state index contributed by atoms with van der Waals surface area (Å²) in [5.41, 5.74) is 2.29. The van der Waals surface area contributed by atoms with Crippen LogP contribution >= 0.6 is 34.4 Å². The van der Waals surface area contributed by atoms with E-state index in [0.29, 0.717) is 14.8 Å². The lowest BCUT2D eigenvalue weighted by Gasteiger charge is -2.12. The van der Waals surface area contributed by atoms with E-state index >= 15 is 0 Å². The number of carbonyl (C=O) groups is 3. The van der Waals surface area contributed by atoms with Crippen LogP contribution in [0.4, 0.5) is 10.5 Å². The number of nitrogens with zero attached hydrogens (tertiary/aromatic N) is 1. The number of aromatic hydroxyl groups is 1. The molecule has 0 bridgehead atoms. The van der Waals surface area contributed by atoms with Crippen LogP contribution in [0.3, 0.4) is 0 Å². The molecule has 0 spiro atoms. The highest BCUT2D eigenvalue weighted by Gasteiger charge is 2.36. The van der Waals surface area contributed by atoms with Crippen LogP contribution in [-0.4, -0.2) is 33.6 Å². The van der Waals surface area contributed by atoms with Gasteiger partial charge in [-0.2, -0.15) is 0 Å². The Morgan fingerprint density at radius 2 is 2.04 bits per heavy atom. The summed E-state index contributed by atoms with van der Waals surface area (Å²) in [7, 11) is 0. The van der Waals surface area contributed by atoms with E-state index in [2.05, 4.69) is 5.32 Å². The van der Waals surface area contributed by atoms with Gasteiger partial charge in [-0.3, -0.25) is 19.3 Å². The molecule has 3 rings (SSSR count). The van der Waals surface area contributed by atoms with Gasteiger partial charge in [0.05, 0.1) is 8.48 Å². The predicted octanol–water partition coefficient (Wildman–Crippen LogP) is 3.98. The summed E-state index contributed by atoms with van der Waals surface area (Å²) in [6, 6.07) is 12.1. The number of phenols is 1. The lowest BCUT2D eigenvalue weighted by molar-refractivity contribution is -0.127. The molecule has 0 aromatic heterocycles. The molecule has 2 N–H and O–H groups in total. The van der Waals surface area contributed by atoms with Crippen molar-refractivity contribution in [3.63, 3.8) is 0 Å². The topological polar surface area (TPSA) is 86.7 Å². The van der Waals surface area contributed by atoms with Crippen molar-refractivity contribution >= 4 is 63.2 Å². The molecular formula is C19H15IN2O4S. The van der Waals surface area contributed by atoms with Crippen LogP contribution in [0, 0.1) is 10.5 Å². The molecule has 0 radical (unpaired) electrons. The number of nitrogens with one attached hydrogen (secondary N) is 1. The summed E-state index contributed by atoms with van der Waals surface area (Å²) < 4.78 is 0.637. The fraction of sp³-hybridized carbons (Fsp3) is 0.105. The Bertz CT molecular complexity index is 974. The minimum absolute atomic E-state index is 0.147. The third-order valence-electron chi connectivity index (χ3n) is 3.75. The van der Waals surface area contributed by atoms with E-state index in [4.69, 9.17) is 0 Å². The second kappa shape index (κ2) is 8.13. The summed E-state index contributed by atoms with van der Waals surface area (Å²) >= 11 is 2.77. The first-order chi connectivity index (χ1) is 12.8. The summed E-state index contributed by atoms with van der Waals surface area (Å²) in [6.45, 7) is 1.56. The number of rotatable bonds is 4. The Hall–Kier alpha value is -2.33. The smallest absolute Gasteiger partial charge is 0.294 e. The predicted molar refractivity (Wildman–Crippen MR) is 113 cm³/mol. The van der Waals surface area contributed by atoms with Gasteiger partial charge in [0.2, 0.25) is 5.91 Å². The Labute approximate surface area is 173 Å². The molecular weight excluding hydrogens is 479 g/mol. The van der Waals surface area contributed by atoms with Crippen LogP contribution in [-0.2, 0) is 9.59 Å². The van der Waals surface area contributed by atoms with Crippen molar-refractivity contribution in [3.05, 3.63) is 62.1 Å². The van der Waals surface area contributed by atoms with Crippen molar-refractivity contribution in [1.29, 1.82) is 0 Å². The molecule has 3 amide bonds. The van der Waals surface area contributed by atoms with Crippen molar-refractivity contribution in [2.45, 2.75) is 6.92 Å². The Kier molecular flexibility index (Phi) is 5.85. The van der Waals surface area contributed by atoms with Crippen molar-refractivity contribution in [1.82, 2.24) is 4.90 Å². The third-order valence-corrected chi connectivity index (χ3v) is 5.52. The van der Waals surface area contributed by atoms with Crippen molar-refractivity contribution < 1.29 is 19.5 Å². The maximum Gasteiger partial charge on any atom is 0.294 e. The average molecular weight is 494 g/mol. The molecule has 0 aliphatic carbocycles. The molecule has 0 saturated carbocycles. The first-order valence-electron chi connectivity index (χ1n) is 7.94. The molecule has 1 fully saturated rings. The van der Waals surface area contributed by atoms with Gasteiger partial charge in [0, 0.05) is 5.69 Å². The van der Waals surface area contributed by atoms with Gasteiger partial charge in [-0.25, -0.2) is 0 Å². The molecule has 0 unspecified atom stereocenters. The Morgan fingerprint density at radius 3 is 2.74 bits per heavy atom. The number of hydrogen-bond donors (Lipinski definition) is 2. The number of halogens is 1. The van der Waals surface area contributed by atoms with Crippen LogP contribution in [0.5, 0.6) is 5.75 Å². The standard InChI is InChI=1S/C19H15IN2O4S/c1-11-3-2-4-13(7-11)21-17(24)10-22-18(25)16(27-19(22)26)9-12-5-6-15(23)14(20)8-12/h2-9,23H,10H2,1H3,(H,21,24)/b16-9-. The number of amides is 3. The number of benzene rings is 2. The number of aryl methyl sites for hydroxylation is 1. The minimum Gasteiger partial charge on any atom is -0.507 e. The molecule has 0 atom stereocenters. The van der Waals surface area contributed by atoms with Gasteiger partial charge >= 0.3 is 0 Å². The van der Waals surface area contributed by atoms with Crippen LogP contribution in [0.25, 0.3) is 6.08 Å². The zero-order chi connectivity index (χ0) is 19.6. The molecule has 2 aromatic rings. The number of anilines is 1. The van der Waals surface area contributed by atoms with Crippen molar-refractivity contribution in [2.24, 2.45) is 0 Å². The summed E-state index contributed by atoms with van der Waals surface area (Å²) in [4.78, 5) is 38.0. The van der Waals surface area contributed by atoms with Crippen molar-refractivity contribution in [2.75, 3.05) is 11.9 Å². The third kappa shape index (κ3) is 4.69. The lowest BCUT2D eigenvalue weighted by Crippen LogP contribution is -2.36. The summed E-state index contributed by atoms with van der Waals surface area (Å²) in [5, 5.41) is 11.8. The molecule has 2 aromatic carbocycles. The number of phenolic OH excluding ortho intramolecular Hbond substituents is 1. The fourth-order valence-corrected chi connectivity index (χ4v) is 3.85. The quantitative estimate of drug-likeness (QED) is 0.496. The highest BCUT2D eigenvalue weighted by molar-refractivity contribution is 14.1. The molecule has 1 heterocycles. The average Bonchev–Trinajstić information content (AvgIpc) is 2.85. The number of hydrogen-bond acceptors (Lipinski definition) is 5. The van der Waals surface area contributed by atoms with E-state index in [1.165, 1.54) is 6.07 Å². The molecule has 6 nitrogen and oxygen atoms in total. The van der Waals surface area contributed by atoms with Crippen LogP contribution in [0.2, 0.25) is 0 Å².